The predicted octanol–water partition coefficient (Wildman–Crippen LogP) is 3.28. The molecule has 2 fully saturated rings. The first-order valence-corrected chi connectivity index (χ1v) is 8.25. The van der Waals surface area contributed by atoms with Crippen molar-refractivity contribution in [1.29, 1.82) is 0 Å². The van der Waals surface area contributed by atoms with Gasteiger partial charge in [-0.25, -0.2) is 0 Å². The third kappa shape index (κ3) is 4.24. The molecule has 0 aromatic rings. The van der Waals surface area contributed by atoms with Crippen LogP contribution in [0.2, 0.25) is 0 Å². The summed E-state index contributed by atoms with van der Waals surface area (Å²) in [6.07, 6.45) is 10.0. The van der Waals surface area contributed by atoms with E-state index in [1.807, 2.05) is 0 Å². The van der Waals surface area contributed by atoms with Crippen molar-refractivity contribution in [2.75, 3.05) is 26.2 Å². The highest BCUT2D eigenvalue weighted by atomic mass is 15.1. The van der Waals surface area contributed by atoms with Crippen LogP contribution in [0.4, 0.5) is 0 Å². The maximum atomic E-state index is 3.72. The quantitative estimate of drug-likeness (QED) is 0.826. The molecule has 106 valence electrons. The Morgan fingerprint density at radius 3 is 2.67 bits per heavy atom. The normalized spacial score (nSPS) is 35.3. The van der Waals surface area contributed by atoms with Gasteiger partial charge in [0, 0.05) is 12.6 Å². The first-order chi connectivity index (χ1) is 8.79. The molecule has 0 aromatic carbocycles. The van der Waals surface area contributed by atoms with Crippen LogP contribution < -0.4 is 5.32 Å². The van der Waals surface area contributed by atoms with Gasteiger partial charge in [-0.1, -0.05) is 26.7 Å². The van der Waals surface area contributed by atoms with Gasteiger partial charge in [-0.15, -0.1) is 0 Å². The summed E-state index contributed by atoms with van der Waals surface area (Å²) in [6.45, 7) is 9.85. The molecule has 2 rings (SSSR count). The maximum Gasteiger partial charge on any atom is 0.0107 e. The molecule has 3 unspecified atom stereocenters. The van der Waals surface area contributed by atoms with E-state index >= 15 is 0 Å². The standard InChI is InChI=1S/C16H32N2/c1-3-17-16-9-5-4-8-15(16)13-18-11-6-7-14(2)10-12-18/h14-17H,3-13H2,1-2H3. The van der Waals surface area contributed by atoms with E-state index in [2.05, 4.69) is 24.1 Å². The number of hydrogen-bond donors (Lipinski definition) is 1. The Bertz CT molecular complexity index is 227. The highest BCUT2D eigenvalue weighted by molar-refractivity contribution is 4.83. The number of rotatable bonds is 4. The fraction of sp³-hybridized carbons (Fsp3) is 1.00. The summed E-state index contributed by atoms with van der Waals surface area (Å²) < 4.78 is 0. The van der Waals surface area contributed by atoms with Crippen LogP contribution in [-0.2, 0) is 0 Å². The second-order valence-corrected chi connectivity index (χ2v) is 6.55. The second kappa shape index (κ2) is 7.49. The van der Waals surface area contributed by atoms with Crippen LogP contribution in [0.15, 0.2) is 0 Å². The van der Waals surface area contributed by atoms with Crippen molar-refractivity contribution < 1.29 is 0 Å². The molecule has 0 bridgehead atoms. The first kappa shape index (κ1) is 14.3. The average molecular weight is 252 g/mol. The van der Waals surface area contributed by atoms with Crippen LogP contribution in [0.5, 0.6) is 0 Å². The minimum absolute atomic E-state index is 0.796. The summed E-state index contributed by atoms with van der Waals surface area (Å²) in [5.74, 6) is 1.86. The van der Waals surface area contributed by atoms with Crippen molar-refractivity contribution in [1.82, 2.24) is 10.2 Å². The van der Waals surface area contributed by atoms with Crippen LogP contribution in [-0.4, -0.2) is 37.1 Å². The predicted molar refractivity (Wildman–Crippen MR) is 78.9 cm³/mol. The summed E-state index contributed by atoms with van der Waals surface area (Å²) >= 11 is 0. The SMILES string of the molecule is CCNC1CCCCC1CN1CCCC(C)CC1. The lowest BCUT2D eigenvalue weighted by atomic mass is 9.84. The van der Waals surface area contributed by atoms with E-state index in [-0.39, 0.29) is 0 Å². The molecule has 0 amide bonds. The Balaban J connectivity index is 1.82. The summed E-state index contributed by atoms with van der Waals surface area (Å²) in [6, 6.07) is 0.796. The number of nitrogens with one attached hydrogen (secondary N) is 1. The Kier molecular flexibility index (Phi) is 5.97. The van der Waals surface area contributed by atoms with E-state index in [9.17, 15) is 0 Å². The van der Waals surface area contributed by atoms with Crippen molar-refractivity contribution in [3.8, 4) is 0 Å². The molecule has 1 saturated carbocycles. The highest BCUT2D eigenvalue weighted by Gasteiger charge is 2.26. The molecule has 1 aliphatic heterocycles. The number of nitrogens with zero attached hydrogens (tertiary/aromatic N) is 1. The second-order valence-electron chi connectivity index (χ2n) is 6.55. The van der Waals surface area contributed by atoms with Crippen LogP contribution in [0.3, 0.4) is 0 Å². The Hall–Kier alpha value is -0.0800. The molecule has 1 aliphatic carbocycles. The van der Waals surface area contributed by atoms with Gasteiger partial charge in [0.1, 0.15) is 0 Å². The molecule has 2 heteroatoms. The van der Waals surface area contributed by atoms with E-state index in [1.54, 1.807) is 0 Å². The molecule has 0 spiro atoms. The fourth-order valence-corrected chi connectivity index (χ4v) is 3.79. The van der Waals surface area contributed by atoms with Crippen LogP contribution in [0, 0.1) is 11.8 Å². The fourth-order valence-electron chi connectivity index (χ4n) is 3.79. The van der Waals surface area contributed by atoms with Gasteiger partial charge in [0.2, 0.25) is 0 Å². The zero-order valence-corrected chi connectivity index (χ0v) is 12.5. The number of likely N-dealkylation sites (tertiary alicyclic amines) is 1. The van der Waals surface area contributed by atoms with Gasteiger partial charge in [-0.3, -0.25) is 0 Å². The average Bonchev–Trinajstić information content (AvgIpc) is 2.57. The molecular weight excluding hydrogens is 220 g/mol. The van der Waals surface area contributed by atoms with E-state index in [0.717, 1.165) is 24.4 Å². The van der Waals surface area contributed by atoms with Crippen LogP contribution in [0.25, 0.3) is 0 Å². The Morgan fingerprint density at radius 1 is 1.00 bits per heavy atom. The third-order valence-electron chi connectivity index (χ3n) is 4.98. The molecule has 1 N–H and O–H groups in total. The largest absolute Gasteiger partial charge is 0.314 e. The smallest absolute Gasteiger partial charge is 0.0107 e. The molecule has 1 heterocycles. The van der Waals surface area contributed by atoms with Crippen LogP contribution >= 0.6 is 0 Å². The minimum atomic E-state index is 0.796. The molecule has 0 aromatic heterocycles. The van der Waals surface area contributed by atoms with Gasteiger partial charge in [0.05, 0.1) is 0 Å². The zero-order valence-electron chi connectivity index (χ0n) is 12.5. The summed E-state index contributed by atoms with van der Waals surface area (Å²) in [4.78, 5) is 2.75. The highest BCUT2D eigenvalue weighted by Crippen LogP contribution is 2.26. The van der Waals surface area contributed by atoms with Gasteiger partial charge < -0.3 is 10.2 Å². The van der Waals surface area contributed by atoms with E-state index in [1.165, 1.54) is 64.6 Å². The lowest BCUT2D eigenvalue weighted by Gasteiger charge is -2.35. The van der Waals surface area contributed by atoms with Crippen molar-refractivity contribution in [3.63, 3.8) is 0 Å². The topological polar surface area (TPSA) is 15.3 Å². The van der Waals surface area contributed by atoms with Crippen molar-refractivity contribution in [3.05, 3.63) is 0 Å². The molecule has 3 atom stereocenters. The molecule has 2 aliphatic rings. The molecule has 2 nitrogen and oxygen atoms in total. The van der Waals surface area contributed by atoms with Crippen molar-refractivity contribution >= 4 is 0 Å². The van der Waals surface area contributed by atoms with Gasteiger partial charge in [0.15, 0.2) is 0 Å². The monoisotopic (exact) mass is 252 g/mol. The molecule has 18 heavy (non-hydrogen) atoms. The molecule has 0 radical (unpaired) electrons. The van der Waals surface area contributed by atoms with E-state index < -0.39 is 0 Å². The number of hydrogen-bond acceptors (Lipinski definition) is 2. The van der Waals surface area contributed by atoms with Gasteiger partial charge in [0.25, 0.3) is 0 Å². The van der Waals surface area contributed by atoms with Crippen molar-refractivity contribution in [2.24, 2.45) is 11.8 Å². The Morgan fingerprint density at radius 2 is 1.83 bits per heavy atom. The van der Waals surface area contributed by atoms with Gasteiger partial charge in [-0.05, 0) is 63.6 Å². The Labute approximate surface area is 114 Å². The lowest BCUT2D eigenvalue weighted by Crippen LogP contribution is -2.44. The van der Waals surface area contributed by atoms with Crippen LogP contribution in [0.1, 0.15) is 58.8 Å². The van der Waals surface area contributed by atoms with E-state index in [4.69, 9.17) is 0 Å². The van der Waals surface area contributed by atoms with Crippen molar-refractivity contribution in [2.45, 2.75) is 64.8 Å². The summed E-state index contributed by atoms with van der Waals surface area (Å²) in [7, 11) is 0. The van der Waals surface area contributed by atoms with E-state index in [0.29, 0.717) is 0 Å². The first-order valence-electron chi connectivity index (χ1n) is 8.25. The minimum Gasteiger partial charge on any atom is -0.314 e. The lowest BCUT2D eigenvalue weighted by molar-refractivity contribution is 0.171. The summed E-state index contributed by atoms with van der Waals surface area (Å²) in [5.41, 5.74) is 0. The molecular formula is C16H32N2. The molecule has 1 saturated heterocycles. The third-order valence-corrected chi connectivity index (χ3v) is 4.98. The van der Waals surface area contributed by atoms with Gasteiger partial charge in [-0.2, -0.15) is 0 Å². The maximum absolute atomic E-state index is 3.72. The van der Waals surface area contributed by atoms with Gasteiger partial charge >= 0.3 is 0 Å². The zero-order chi connectivity index (χ0) is 12.8. The summed E-state index contributed by atoms with van der Waals surface area (Å²) in [5, 5.41) is 3.72.